The molecule has 0 aliphatic heterocycles. The van der Waals surface area contributed by atoms with E-state index in [9.17, 15) is 13.9 Å². The third-order valence-electron chi connectivity index (χ3n) is 2.84. The number of aliphatic hydroxyl groups is 1. The zero-order valence-corrected chi connectivity index (χ0v) is 9.82. The predicted molar refractivity (Wildman–Crippen MR) is 66.0 cm³/mol. The van der Waals surface area contributed by atoms with E-state index in [1.807, 2.05) is 0 Å². The van der Waals surface area contributed by atoms with Gasteiger partial charge in [0.25, 0.3) is 0 Å². The van der Waals surface area contributed by atoms with Crippen molar-refractivity contribution in [3.63, 3.8) is 0 Å². The average molecular weight is 249 g/mol. The van der Waals surface area contributed by atoms with Gasteiger partial charge in [0.15, 0.2) is 0 Å². The molecule has 2 rings (SSSR count). The molecule has 4 heteroatoms. The summed E-state index contributed by atoms with van der Waals surface area (Å²) in [6.45, 7) is 1.60. The lowest BCUT2D eigenvalue weighted by molar-refractivity contribution is 0.220. The topological polar surface area (TPSA) is 46.2 Å². The summed E-state index contributed by atoms with van der Waals surface area (Å²) < 4.78 is 26.3. The monoisotopic (exact) mass is 249 g/mol. The van der Waals surface area contributed by atoms with Gasteiger partial charge in [0, 0.05) is 11.3 Å². The van der Waals surface area contributed by atoms with Crippen LogP contribution in [-0.4, -0.2) is 5.11 Å². The highest BCUT2D eigenvalue weighted by Crippen LogP contribution is 2.28. The van der Waals surface area contributed by atoms with Crippen LogP contribution < -0.4 is 5.73 Å². The number of hydrogen-bond donors (Lipinski definition) is 2. The minimum absolute atomic E-state index is 0.279. The lowest BCUT2D eigenvalue weighted by Crippen LogP contribution is -2.05. The molecule has 94 valence electrons. The molecule has 1 atom stereocenters. The summed E-state index contributed by atoms with van der Waals surface area (Å²) in [5.41, 5.74) is 7.17. The molecule has 2 aromatic carbocycles. The molecule has 0 saturated carbocycles. The van der Waals surface area contributed by atoms with Gasteiger partial charge in [0.1, 0.15) is 17.7 Å². The summed E-state index contributed by atoms with van der Waals surface area (Å²) in [6.07, 6.45) is -1.07. The van der Waals surface area contributed by atoms with Gasteiger partial charge in [-0.2, -0.15) is 0 Å². The zero-order valence-electron chi connectivity index (χ0n) is 9.82. The maximum atomic E-state index is 13.1. The first-order valence-electron chi connectivity index (χ1n) is 5.48. The molecule has 1 unspecified atom stereocenters. The minimum atomic E-state index is -1.07. The van der Waals surface area contributed by atoms with Crippen molar-refractivity contribution in [1.29, 1.82) is 0 Å². The molecule has 18 heavy (non-hydrogen) atoms. The molecule has 2 nitrogen and oxygen atoms in total. The molecule has 0 aliphatic carbocycles. The average Bonchev–Trinajstić information content (AvgIpc) is 2.35. The Balaban J connectivity index is 2.44. The number of rotatable bonds is 2. The SMILES string of the molecule is Cc1cc(C(O)c2cc(F)ccc2N)ccc1F. The molecule has 0 saturated heterocycles. The molecule has 0 radical (unpaired) electrons. The van der Waals surface area contributed by atoms with Crippen molar-refractivity contribution in [2.24, 2.45) is 0 Å². The minimum Gasteiger partial charge on any atom is -0.398 e. The van der Waals surface area contributed by atoms with Crippen LogP contribution in [0, 0.1) is 18.6 Å². The highest BCUT2D eigenvalue weighted by molar-refractivity contribution is 5.50. The van der Waals surface area contributed by atoms with Crippen molar-refractivity contribution in [3.05, 3.63) is 64.7 Å². The van der Waals surface area contributed by atoms with Gasteiger partial charge < -0.3 is 10.8 Å². The van der Waals surface area contributed by atoms with Crippen LogP contribution in [0.3, 0.4) is 0 Å². The molecular formula is C14H13F2NO. The summed E-state index contributed by atoms with van der Waals surface area (Å²) in [5.74, 6) is -0.824. The fraction of sp³-hybridized carbons (Fsp3) is 0.143. The summed E-state index contributed by atoms with van der Waals surface area (Å²) in [4.78, 5) is 0. The summed E-state index contributed by atoms with van der Waals surface area (Å²) in [5, 5.41) is 10.1. The molecule has 2 aromatic rings. The van der Waals surface area contributed by atoms with Crippen molar-refractivity contribution in [1.82, 2.24) is 0 Å². The maximum Gasteiger partial charge on any atom is 0.126 e. The molecule has 0 aliphatic rings. The van der Waals surface area contributed by atoms with E-state index in [1.54, 1.807) is 6.92 Å². The molecule has 0 heterocycles. The van der Waals surface area contributed by atoms with Crippen molar-refractivity contribution in [3.8, 4) is 0 Å². The first-order valence-corrected chi connectivity index (χ1v) is 5.48. The van der Waals surface area contributed by atoms with Gasteiger partial charge in [-0.1, -0.05) is 12.1 Å². The smallest absolute Gasteiger partial charge is 0.126 e. The van der Waals surface area contributed by atoms with Crippen LogP contribution in [0.25, 0.3) is 0 Å². The van der Waals surface area contributed by atoms with Crippen LogP contribution >= 0.6 is 0 Å². The van der Waals surface area contributed by atoms with Gasteiger partial charge >= 0.3 is 0 Å². The molecule has 0 aromatic heterocycles. The normalized spacial score (nSPS) is 12.4. The van der Waals surface area contributed by atoms with E-state index in [1.165, 1.54) is 36.4 Å². The van der Waals surface area contributed by atoms with E-state index in [-0.39, 0.29) is 11.4 Å². The van der Waals surface area contributed by atoms with E-state index in [0.29, 0.717) is 16.8 Å². The zero-order chi connectivity index (χ0) is 13.3. The molecule has 0 amide bonds. The Morgan fingerprint density at radius 1 is 1.11 bits per heavy atom. The molecule has 0 bridgehead atoms. The van der Waals surface area contributed by atoms with E-state index in [2.05, 4.69) is 0 Å². The fourth-order valence-corrected chi connectivity index (χ4v) is 1.80. The number of aryl methyl sites for hydroxylation is 1. The van der Waals surface area contributed by atoms with Gasteiger partial charge in [-0.3, -0.25) is 0 Å². The Morgan fingerprint density at radius 3 is 2.50 bits per heavy atom. The third kappa shape index (κ3) is 2.33. The number of nitrogens with two attached hydrogens (primary N) is 1. The number of anilines is 1. The fourth-order valence-electron chi connectivity index (χ4n) is 1.80. The van der Waals surface area contributed by atoms with E-state index >= 15 is 0 Å². The molecule has 0 spiro atoms. The van der Waals surface area contributed by atoms with Crippen LogP contribution in [0.1, 0.15) is 22.8 Å². The van der Waals surface area contributed by atoms with Gasteiger partial charge in [0.2, 0.25) is 0 Å². The lowest BCUT2D eigenvalue weighted by Gasteiger charge is -2.14. The first-order chi connectivity index (χ1) is 8.49. The van der Waals surface area contributed by atoms with Crippen LogP contribution in [0.15, 0.2) is 36.4 Å². The number of nitrogen functional groups attached to an aromatic ring is 1. The van der Waals surface area contributed by atoms with Crippen LogP contribution in [0.5, 0.6) is 0 Å². The van der Waals surface area contributed by atoms with Crippen molar-refractivity contribution >= 4 is 5.69 Å². The Morgan fingerprint density at radius 2 is 1.83 bits per heavy atom. The number of halogens is 2. The molecular weight excluding hydrogens is 236 g/mol. The first kappa shape index (κ1) is 12.5. The Kier molecular flexibility index (Phi) is 3.30. The van der Waals surface area contributed by atoms with Crippen molar-refractivity contribution in [2.75, 3.05) is 5.73 Å². The second-order valence-corrected chi connectivity index (χ2v) is 4.18. The molecule has 3 N–H and O–H groups in total. The second kappa shape index (κ2) is 4.74. The standard InChI is InChI=1S/C14H13F2NO/c1-8-6-9(2-4-12(8)16)14(18)11-7-10(15)3-5-13(11)17/h2-7,14,18H,17H2,1H3. The highest BCUT2D eigenvalue weighted by atomic mass is 19.1. The number of benzene rings is 2. The quantitative estimate of drug-likeness (QED) is 0.804. The van der Waals surface area contributed by atoms with Gasteiger partial charge in [-0.25, -0.2) is 8.78 Å². The van der Waals surface area contributed by atoms with Gasteiger partial charge in [0.05, 0.1) is 0 Å². The van der Waals surface area contributed by atoms with E-state index in [4.69, 9.17) is 5.73 Å². The summed E-state index contributed by atoms with van der Waals surface area (Å²) in [7, 11) is 0. The Bertz CT molecular complexity index is 584. The van der Waals surface area contributed by atoms with Crippen LogP contribution in [-0.2, 0) is 0 Å². The molecule has 0 fully saturated rings. The predicted octanol–water partition coefficient (Wildman–Crippen LogP) is 2.94. The van der Waals surface area contributed by atoms with Crippen molar-refractivity contribution in [2.45, 2.75) is 13.0 Å². The van der Waals surface area contributed by atoms with Crippen LogP contribution in [0.4, 0.5) is 14.5 Å². The largest absolute Gasteiger partial charge is 0.398 e. The summed E-state index contributed by atoms with van der Waals surface area (Å²) in [6, 6.07) is 8.04. The maximum absolute atomic E-state index is 13.1. The lowest BCUT2D eigenvalue weighted by atomic mass is 9.98. The summed E-state index contributed by atoms with van der Waals surface area (Å²) >= 11 is 0. The van der Waals surface area contributed by atoms with Crippen molar-refractivity contribution < 1.29 is 13.9 Å². The van der Waals surface area contributed by atoms with Crippen LogP contribution in [0.2, 0.25) is 0 Å². The Labute approximate surface area is 104 Å². The number of hydrogen-bond acceptors (Lipinski definition) is 2. The van der Waals surface area contributed by atoms with Gasteiger partial charge in [-0.05, 0) is 42.3 Å². The van der Waals surface area contributed by atoms with Gasteiger partial charge in [-0.15, -0.1) is 0 Å². The third-order valence-corrected chi connectivity index (χ3v) is 2.84. The second-order valence-electron chi connectivity index (χ2n) is 4.18. The highest BCUT2D eigenvalue weighted by Gasteiger charge is 2.15. The van der Waals surface area contributed by atoms with E-state index in [0.717, 1.165) is 0 Å². The Hall–Kier alpha value is -1.94. The number of aliphatic hydroxyl groups excluding tert-OH is 1. The van der Waals surface area contributed by atoms with E-state index < -0.39 is 11.9 Å².